The van der Waals surface area contributed by atoms with Gasteiger partial charge in [0.05, 0.1) is 22.2 Å². The van der Waals surface area contributed by atoms with E-state index in [4.69, 9.17) is 4.74 Å². The molecule has 0 N–H and O–H groups in total. The molecule has 1 heterocycles. The minimum Gasteiger partial charge on any atom is -0.497 e. The molecule has 0 aliphatic heterocycles. The molecule has 158 valence electrons. The summed E-state index contributed by atoms with van der Waals surface area (Å²) in [6.07, 6.45) is 0. The van der Waals surface area contributed by atoms with E-state index < -0.39 is 10.8 Å². The van der Waals surface area contributed by atoms with Gasteiger partial charge in [-0.15, -0.1) is 0 Å². The Hall–Kier alpha value is -3.04. The van der Waals surface area contributed by atoms with Gasteiger partial charge in [-0.05, 0) is 31.3 Å². The number of hydrogen-bond acceptors (Lipinski definition) is 7. The van der Waals surface area contributed by atoms with E-state index in [0.717, 1.165) is 23.3 Å². The van der Waals surface area contributed by atoms with Crippen molar-refractivity contribution in [2.75, 3.05) is 38.2 Å². The first kappa shape index (κ1) is 21.7. The number of nitro benzene ring substituents is 1. The fourth-order valence-electron chi connectivity index (χ4n) is 3.16. The molecule has 0 aliphatic rings. The van der Waals surface area contributed by atoms with Crippen molar-refractivity contribution < 1.29 is 14.5 Å². The molecule has 0 atom stereocenters. The molecule has 1 amide bonds. The average Bonchev–Trinajstić information content (AvgIpc) is 3.19. The lowest BCUT2D eigenvalue weighted by Crippen LogP contribution is -2.39. The summed E-state index contributed by atoms with van der Waals surface area (Å²) in [5.41, 5.74) is 0.564. The number of fused-ring (bicyclic) bond motifs is 1. The Morgan fingerprint density at radius 1 is 1.17 bits per heavy atom. The standard InChI is InChI=1S/C21H24N4O4S/c1-4-23(5-2)12-13-24(20(26)16-8-6-7-9-18(16)25(27)28)21-22-17-14-15(29-3)10-11-19(17)30-21/h6-11,14H,4-5,12-13H2,1-3H3. The van der Waals surface area contributed by atoms with E-state index in [1.807, 2.05) is 18.2 Å². The Balaban J connectivity index is 2.02. The number of methoxy groups -OCH3 is 1. The van der Waals surface area contributed by atoms with Crippen LogP contribution in [0.4, 0.5) is 10.8 Å². The van der Waals surface area contributed by atoms with Gasteiger partial charge in [0.25, 0.3) is 11.6 Å². The summed E-state index contributed by atoms with van der Waals surface area (Å²) < 4.78 is 6.17. The van der Waals surface area contributed by atoms with Gasteiger partial charge < -0.3 is 9.64 Å². The quantitative estimate of drug-likeness (QED) is 0.375. The van der Waals surface area contributed by atoms with E-state index in [1.165, 1.54) is 28.4 Å². The minimum absolute atomic E-state index is 0.0545. The van der Waals surface area contributed by atoms with Crippen LogP contribution < -0.4 is 9.64 Å². The van der Waals surface area contributed by atoms with Gasteiger partial charge in [0.1, 0.15) is 11.3 Å². The molecule has 3 aromatic rings. The number of likely N-dealkylation sites (N-methyl/N-ethyl adjacent to an activating group) is 1. The summed E-state index contributed by atoms with van der Waals surface area (Å²) in [5, 5.41) is 12.0. The van der Waals surface area contributed by atoms with E-state index in [9.17, 15) is 14.9 Å². The van der Waals surface area contributed by atoms with Crippen LogP contribution in [0.15, 0.2) is 42.5 Å². The number of ether oxygens (including phenoxy) is 1. The molecular weight excluding hydrogens is 404 g/mol. The molecule has 1 aromatic heterocycles. The number of anilines is 1. The first-order valence-electron chi connectivity index (χ1n) is 9.70. The number of carbonyl (C=O) groups excluding carboxylic acids is 1. The van der Waals surface area contributed by atoms with E-state index in [2.05, 4.69) is 23.7 Å². The van der Waals surface area contributed by atoms with E-state index in [0.29, 0.717) is 24.0 Å². The fraction of sp³-hybridized carbons (Fsp3) is 0.333. The third kappa shape index (κ3) is 4.58. The number of benzene rings is 2. The first-order chi connectivity index (χ1) is 14.5. The van der Waals surface area contributed by atoms with E-state index in [-0.39, 0.29) is 11.3 Å². The normalized spacial score (nSPS) is 11.1. The highest BCUT2D eigenvalue weighted by molar-refractivity contribution is 7.22. The van der Waals surface area contributed by atoms with Crippen molar-refractivity contribution in [3.63, 3.8) is 0 Å². The van der Waals surface area contributed by atoms with E-state index in [1.54, 1.807) is 19.2 Å². The molecule has 3 rings (SSSR count). The van der Waals surface area contributed by atoms with Crippen LogP contribution in [-0.2, 0) is 0 Å². The second-order valence-corrected chi connectivity index (χ2v) is 7.60. The fourth-order valence-corrected chi connectivity index (χ4v) is 4.13. The summed E-state index contributed by atoms with van der Waals surface area (Å²) in [5.74, 6) is 0.250. The predicted octanol–water partition coefficient (Wildman–Crippen LogP) is 4.20. The van der Waals surface area contributed by atoms with Gasteiger partial charge >= 0.3 is 0 Å². The summed E-state index contributed by atoms with van der Waals surface area (Å²) >= 11 is 1.38. The highest BCUT2D eigenvalue weighted by atomic mass is 32.1. The van der Waals surface area contributed by atoms with Crippen LogP contribution in [0, 0.1) is 10.1 Å². The second kappa shape index (κ2) is 9.64. The van der Waals surface area contributed by atoms with Gasteiger partial charge in [-0.3, -0.25) is 19.8 Å². The number of thiazole rings is 1. The van der Waals surface area contributed by atoms with Crippen molar-refractivity contribution in [1.82, 2.24) is 9.88 Å². The Kier molecular flexibility index (Phi) is 6.96. The van der Waals surface area contributed by atoms with Gasteiger partial charge in [-0.2, -0.15) is 0 Å². The Morgan fingerprint density at radius 2 is 1.90 bits per heavy atom. The number of para-hydroxylation sites is 1. The largest absolute Gasteiger partial charge is 0.497 e. The summed E-state index contributed by atoms with van der Waals surface area (Å²) in [6, 6.07) is 11.6. The molecule has 0 saturated carbocycles. The summed E-state index contributed by atoms with van der Waals surface area (Å²) in [6.45, 7) is 6.83. The number of rotatable bonds is 9. The lowest BCUT2D eigenvalue weighted by Gasteiger charge is -2.24. The number of aromatic nitrogens is 1. The van der Waals surface area contributed by atoms with Crippen LogP contribution in [0.2, 0.25) is 0 Å². The zero-order valence-corrected chi connectivity index (χ0v) is 18.0. The Labute approximate surface area is 178 Å². The van der Waals surface area contributed by atoms with Crippen LogP contribution in [0.1, 0.15) is 24.2 Å². The molecule has 9 heteroatoms. The Morgan fingerprint density at radius 3 is 2.57 bits per heavy atom. The number of hydrogen-bond donors (Lipinski definition) is 0. The van der Waals surface area contributed by atoms with Crippen LogP contribution in [0.25, 0.3) is 10.2 Å². The smallest absolute Gasteiger partial charge is 0.282 e. The first-order valence-corrected chi connectivity index (χ1v) is 10.5. The number of nitro groups is 1. The lowest BCUT2D eigenvalue weighted by atomic mass is 10.1. The highest BCUT2D eigenvalue weighted by Crippen LogP contribution is 2.32. The third-order valence-electron chi connectivity index (χ3n) is 4.92. The van der Waals surface area contributed by atoms with Crippen LogP contribution in [0.5, 0.6) is 5.75 Å². The SMILES string of the molecule is CCN(CC)CCN(C(=O)c1ccccc1[N+](=O)[O-])c1nc2cc(OC)ccc2s1. The molecule has 0 fully saturated rings. The third-order valence-corrected chi connectivity index (χ3v) is 5.98. The van der Waals surface area contributed by atoms with Crippen molar-refractivity contribution in [2.45, 2.75) is 13.8 Å². The minimum atomic E-state index is -0.529. The zero-order valence-electron chi connectivity index (χ0n) is 17.2. The molecule has 0 spiro atoms. The van der Waals surface area contributed by atoms with Crippen molar-refractivity contribution in [1.29, 1.82) is 0 Å². The highest BCUT2D eigenvalue weighted by Gasteiger charge is 2.27. The molecule has 30 heavy (non-hydrogen) atoms. The maximum absolute atomic E-state index is 13.4. The van der Waals surface area contributed by atoms with E-state index >= 15 is 0 Å². The van der Waals surface area contributed by atoms with Crippen LogP contribution in [0.3, 0.4) is 0 Å². The number of amides is 1. The van der Waals surface area contributed by atoms with Crippen LogP contribution >= 0.6 is 11.3 Å². The molecule has 2 aromatic carbocycles. The number of carbonyl (C=O) groups is 1. The lowest BCUT2D eigenvalue weighted by molar-refractivity contribution is -0.385. The molecule has 0 radical (unpaired) electrons. The predicted molar refractivity (Wildman–Crippen MR) is 119 cm³/mol. The van der Waals surface area contributed by atoms with Crippen molar-refractivity contribution in [3.8, 4) is 5.75 Å². The van der Waals surface area contributed by atoms with Crippen LogP contribution in [-0.4, -0.2) is 54.0 Å². The molecule has 8 nitrogen and oxygen atoms in total. The topological polar surface area (TPSA) is 88.8 Å². The average molecular weight is 429 g/mol. The van der Waals surface area contributed by atoms with Gasteiger partial charge in [0.15, 0.2) is 5.13 Å². The maximum atomic E-state index is 13.4. The van der Waals surface area contributed by atoms with Gasteiger partial charge in [-0.25, -0.2) is 4.98 Å². The summed E-state index contributed by atoms with van der Waals surface area (Å²) in [4.78, 5) is 32.7. The van der Waals surface area contributed by atoms with Gasteiger partial charge in [0, 0.05) is 25.2 Å². The molecular formula is C21H24N4O4S. The molecule has 0 saturated heterocycles. The monoisotopic (exact) mass is 428 g/mol. The van der Waals surface area contributed by atoms with Gasteiger partial charge in [0.2, 0.25) is 0 Å². The molecule has 0 aliphatic carbocycles. The number of nitrogens with zero attached hydrogens (tertiary/aromatic N) is 4. The molecule has 0 unspecified atom stereocenters. The Bertz CT molecular complexity index is 1050. The van der Waals surface area contributed by atoms with Gasteiger partial charge in [-0.1, -0.05) is 37.3 Å². The maximum Gasteiger partial charge on any atom is 0.282 e. The zero-order chi connectivity index (χ0) is 21.7. The van der Waals surface area contributed by atoms with Crippen molar-refractivity contribution in [2.24, 2.45) is 0 Å². The van der Waals surface area contributed by atoms with Crippen molar-refractivity contribution in [3.05, 3.63) is 58.1 Å². The second-order valence-electron chi connectivity index (χ2n) is 6.59. The molecule has 0 bridgehead atoms. The van der Waals surface area contributed by atoms with Crippen molar-refractivity contribution >= 4 is 38.3 Å². The summed E-state index contributed by atoms with van der Waals surface area (Å²) in [7, 11) is 1.59.